The fourth-order valence-corrected chi connectivity index (χ4v) is 1.93. The zero-order valence-electron chi connectivity index (χ0n) is 12.5. The topological polar surface area (TPSA) is 65.5 Å². The summed E-state index contributed by atoms with van der Waals surface area (Å²) in [6.45, 7) is 1.12. The normalized spacial score (nSPS) is 14.6. The molecule has 2 rings (SSSR count). The molecule has 1 aliphatic carbocycles. The number of guanidine groups is 1. The Morgan fingerprint density at radius 3 is 2.64 bits per heavy atom. The number of amides is 1. The first kappa shape index (κ1) is 16.2. The highest BCUT2D eigenvalue weighted by molar-refractivity contribution is 5.81. The van der Waals surface area contributed by atoms with Gasteiger partial charge in [0.25, 0.3) is 0 Å². The van der Waals surface area contributed by atoms with Gasteiger partial charge in [0.15, 0.2) is 5.96 Å². The summed E-state index contributed by atoms with van der Waals surface area (Å²) in [5, 5.41) is 8.71. The van der Waals surface area contributed by atoms with Crippen LogP contribution in [0.4, 0.5) is 8.78 Å². The standard InChI is InChI=1S/C15H20F2N4O/c1-18-15(20-7-6-19-14(22)10-2-3-10)21-9-11-8-12(16)4-5-13(11)17/h4-5,8,10H,2-3,6-7,9H2,1H3,(H,19,22)(H2,18,20,21). The number of halogens is 2. The molecular formula is C15H20F2N4O. The molecule has 0 bridgehead atoms. The van der Waals surface area contributed by atoms with Gasteiger partial charge in [-0.15, -0.1) is 0 Å². The van der Waals surface area contributed by atoms with E-state index in [1.165, 1.54) is 0 Å². The van der Waals surface area contributed by atoms with Crippen molar-refractivity contribution in [3.63, 3.8) is 0 Å². The minimum Gasteiger partial charge on any atom is -0.355 e. The molecule has 1 aromatic rings. The van der Waals surface area contributed by atoms with E-state index in [2.05, 4.69) is 20.9 Å². The van der Waals surface area contributed by atoms with E-state index in [0.29, 0.717) is 19.0 Å². The molecule has 1 amide bonds. The van der Waals surface area contributed by atoms with Crippen LogP contribution < -0.4 is 16.0 Å². The molecule has 3 N–H and O–H groups in total. The zero-order chi connectivity index (χ0) is 15.9. The van der Waals surface area contributed by atoms with E-state index in [1.807, 2.05) is 0 Å². The van der Waals surface area contributed by atoms with Gasteiger partial charge in [0, 0.05) is 38.2 Å². The SMILES string of the molecule is CN=C(NCCNC(=O)C1CC1)NCc1cc(F)ccc1F. The van der Waals surface area contributed by atoms with E-state index in [0.717, 1.165) is 31.0 Å². The molecule has 22 heavy (non-hydrogen) atoms. The Morgan fingerprint density at radius 2 is 1.95 bits per heavy atom. The monoisotopic (exact) mass is 310 g/mol. The number of carbonyl (C=O) groups is 1. The second kappa shape index (κ2) is 7.72. The Morgan fingerprint density at radius 1 is 1.23 bits per heavy atom. The summed E-state index contributed by atoms with van der Waals surface area (Å²) in [7, 11) is 1.58. The van der Waals surface area contributed by atoms with Crippen molar-refractivity contribution in [3.8, 4) is 0 Å². The van der Waals surface area contributed by atoms with E-state index >= 15 is 0 Å². The lowest BCUT2D eigenvalue weighted by Gasteiger charge is -2.12. The van der Waals surface area contributed by atoms with E-state index in [1.54, 1.807) is 7.05 Å². The fourth-order valence-electron chi connectivity index (χ4n) is 1.93. The summed E-state index contributed by atoms with van der Waals surface area (Å²) in [6, 6.07) is 3.32. The number of aliphatic imine (C=N–C) groups is 1. The van der Waals surface area contributed by atoms with Crippen LogP contribution >= 0.6 is 0 Å². The largest absolute Gasteiger partial charge is 0.355 e. The van der Waals surface area contributed by atoms with Gasteiger partial charge in [-0.05, 0) is 31.0 Å². The Balaban J connectivity index is 1.70. The van der Waals surface area contributed by atoms with E-state index in [4.69, 9.17) is 0 Å². The van der Waals surface area contributed by atoms with Crippen LogP contribution in [0.2, 0.25) is 0 Å². The number of hydrogen-bond acceptors (Lipinski definition) is 2. The van der Waals surface area contributed by atoms with Gasteiger partial charge < -0.3 is 16.0 Å². The Hall–Kier alpha value is -2.18. The van der Waals surface area contributed by atoms with Gasteiger partial charge in [0.05, 0.1) is 0 Å². The molecule has 0 atom stereocenters. The van der Waals surface area contributed by atoms with Crippen LogP contribution in [0.5, 0.6) is 0 Å². The van der Waals surface area contributed by atoms with Crippen molar-refractivity contribution in [3.05, 3.63) is 35.4 Å². The highest BCUT2D eigenvalue weighted by atomic mass is 19.1. The Bertz CT molecular complexity index is 558. The van der Waals surface area contributed by atoms with Gasteiger partial charge in [0.2, 0.25) is 5.91 Å². The van der Waals surface area contributed by atoms with Crippen LogP contribution in [0.25, 0.3) is 0 Å². The quantitative estimate of drug-likeness (QED) is 0.420. The lowest BCUT2D eigenvalue weighted by atomic mass is 10.2. The second-order valence-electron chi connectivity index (χ2n) is 5.15. The molecule has 0 unspecified atom stereocenters. The lowest BCUT2D eigenvalue weighted by molar-refractivity contribution is -0.122. The highest BCUT2D eigenvalue weighted by Crippen LogP contribution is 2.28. The summed E-state index contributed by atoms with van der Waals surface area (Å²) < 4.78 is 26.6. The van der Waals surface area contributed by atoms with Gasteiger partial charge in [-0.2, -0.15) is 0 Å². The first-order valence-corrected chi connectivity index (χ1v) is 7.26. The van der Waals surface area contributed by atoms with Gasteiger partial charge in [-0.25, -0.2) is 8.78 Å². The van der Waals surface area contributed by atoms with Crippen molar-refractivity contribution in [1.82, 2.24) is 16.0 Å². The van der Waals surface area contributed by atoms with Crippen molar-refractivity contribution < 1.29 is 13.6 Å². The van der Waals surface area contributed by atoms with Gasteiger partial charge >= 0.3 is 0 Å². The summed E-state index contributed by atoms with van der Waals surface area (Å²) >= 11 is 0. The number of hydrogen-bond donors (Lipinski definition) is 3. The summed E-state index contributed by atoms with van der Waals surface area (Å²) in [6.07, 6.45) is 1.95. The number of rotatable bonds is 6. The molecule has 0 radical (unpaired) electrons. The first-order valence-electron chi connectivity index (χ1n) is 7.26. The lowest BCUT2D eigenvalue weighted by Crippen LogP contribution is -2.41. The van der Waals surface area contributed by atoms with E-state index in [-0.39, 0.29) is 23.9 Å². The maximum absolute atomic E-state index is 13.5. The summed E-state index contributed by atoms with van der Waals surface area (Å²) in [5.74, 6) is -0.214. The number of nitrogens with one attached hydrogen (secondary N) is 3. The molecule has 0 heterocycles. The minimum absolute atomic E-state index is 0.0894. The van der Waals surface area contributed by atoms with Gasteiger partial charge in [-0.3, -0.25) is 9.79 Å². The number of carbonyl (C=O) groups excluding carboxylic acids is 1. The first-order chi connectivity index (χ1) is 10.6. The average Bonchev–Trinajstić information content (AvgIpc) is 3.34. The van der Waals surface area contributed by atoms with Crippen LogP contribution in [0.15, 0.2) is 23.2 Å². The second-order valence-corrected chi connectivity index (χ2v) is 5.15. The molecule has 1 aromatic carbocycles. The third-order valence-electron chi connectivity index (χ3n) is 3.34. The third kappa shape index (κ3) is 4.98. The third-order valence-corrected chi connectivity index (χ3v) is 3.34. The minimum atomic E-state index is -0.482. The van der Waals surface area contributed by atoms with Crippen molar-refractivity contribution >= 4 is 11.9 Å². The predicted octanol–water partition coefficient (Wildman–Crippen LogP) is 1.16. The van der Waals surface area contributed by atoms with Gasteiger partial charge in [-0.1, -0.05) is 0 Å². The molecule has 0 aromatic heterocycles. The molecule has 5 nitrogen and oxygen atoms in total. The van der Waals surface area contributed by atoms with Crippen molar-refractivity contribution in [2.24, 2.45) is 10.9 Å². The Labute approximate surface area is 128 Å². The molecule has 7 heteroatoms. The maximum Gasteiger partial charge on any atom is 0.223 e. The number of benzene rings is 1. The van der Waals surface area contributed by atoms with Gasteiger partial charge in [0.1, 0.15) is 11.6 Å². The van der Waals surface area contributed by atoms with E-state index < -0.39 is 11.6 Å². The summed E-state index contributed by atoms with van der Waals surface area (Å²) in [4.78, 5) is 15.4. The van der Waals surface area contributed by atoms with Crippen molar-refractivity contribution in [2.45, 2.75) is 19.4 Å². The van der Waals surface area contributed by atoms with E-state index in [9.17, 15) is 13.6 Å². The predicted molar refractivity (Wildman–Crippen MR) is 80.3 cm³/mol. The van der Waals surface area contributed by atoms with Crippen LogP contribution in [0, 0.1) is 17.6 Å². The van der Waals surface area contributed by atoms with Crippen LogP contribution in [-0.2, 0) is 11.3 Å². The Kier molecular flexibility index (Phi) is 5.68. The van der Waals surface area contributed by atoms with Crippen LogP contribution in [0.3, 0.4) is 0 Å². The smallest absolute Gasteiger partial charge is 0.223 e. The van der Waals surface area contributed by atoms with Crippen molar-refractivity contribution in [1.29, 1.82) is 0 Å². The van der Waals surface area contributed by atoms with Crippen molar-refractivity contribution in [2.75, 3.05) is 20.1 Å². The number of nitrogens with zero attached hydrogens (tertiary/aromatic N) is 1. The van der Waals surface area contributed by atoms with Crippen LogP contribution in [0.1, 0.15) is 18.4 Å². The maximum atomic E-state index is 13.5. The highest BCUT2D eigenvalue weighted by Gasteiger charge is 2.28. The molecule has 0 aliphatic heterocycles. The molecular weight excluding hydrogens is 290 g/mol. The van der Waals surface area contributed by atoms with Crippen LogP contribution in [-0.4, -0.2) is 32.0 Å². The average molecular weight is 310 g/mol. The molecule has 0 spiro atoms. The molecule has 1 fully saturated rings. The molecule has 0 saturated heterocycles. The fraction of sp³-hybridized carbons (Fsp3) is 0.467. The summed E-state index contributed by atoms with van der Waals surface area (Å²) in [5.41, 5.74) is 0.227. The molecule has 1 aliphatic rings. The molecule has 1 saturated carbocycles. The molecule has 120 valence electrons. The zero-order valence-corrected chi connectivity index (χ0v) is 12.5.